The standard InChI is InChI=1S/C25H46O3S/c1-6-7-8-9-10-11-12-13-14-15-19-29(27,28)22(3)20-23(26)24-21(2)17-16-18-25(24,4)5/h16-17,21-22,24H,6-15,18-20H2,1-5H3/t21-,22?,24-/m0/s1. The van der Waals surface area contributed by atoms with Gasteiger partial charge >= 0.3 is 0 Å². The Hall–Kier alpha value is -0.640. The van der Waals surface area contributed by atoms with Gasteiger partial charge < -0.3 is 0 Å². The molecule has 0 aromatic heterocycles. The minimum atomic E-state index is -3.20. The molecule has 29 heavy (non-hydrogen) atoms. The molecule has 0 aliphatic heterocycles. The quantitative estimate of drug-likeness (QED) is 0.211. The zero-order valence-electron chi connectivity index (χ0n) is 19.7. The van der Waals surface area contributed by atoms with Crippen LogP contribution in [0.3, 0.4) is 0 Å². The number of Topliss-reactive ketones (excluding diaryl/α,β-unsaturated/α-hetero) is 1. The summed E-state index contributed by atoms with van der Waals surface area (Å²) in [6.45, 7) is 10.3. The molecule has 0 heterocycles. The molecule has 0 saturated carbocycles. The van der Waals surface area contributed by atoms with Crippen molar-refractivity contribution in [3.63, 3.8) is 0 Å². The molecule has 1 unspecified atom stereocenters. The molecular formula is C25H46O3S. The molecule has 0 amide bonds. The van der Waals surface area contributed by atoms with Crippen molar-refractivity contribution in [1.29, 1.82) is 0 Å². The molecule has 0 spiro atoms. The van der Waals surface area contributed by atoms with Crippen molar-refractivity contribution in [2.75, 3.05) is 5.75 Å². The van der Waals surface area contributed by atoms with Crippen LogP contribution in [0.25, 0.3) is 0 Å². The maximum atomic E-state index is 12.9. The lowest BCUT2D eigenvalue weighted by atomic mass is 9.65. The SMILES string of the molecule is CCCCCCCCCCCCS(=O)(=O)C(C)CC(=O)[C@@H]1[C@@H](C)C=CCC1(C)C. The zero-order valence-corrected chi connectivity index (χ0v) is 20.5. The highest BCUT2D eigenvalue weighted by Gasteiger charge is 2.40. The average Bonchev–Trinajstić information content (AvgIpc) is 2.62. The van der Waals surface area contributed by atoms with Crippen LogP contribution in [-0.2, 0) is 14.6 Å². The van der Waals surface area contributed by atoms with Crippen LogP contribution < -0.4 is 0 Å². The van der Waals surface area contributed by atoms with Crippen molar-refractivity contribution in [1.82, 2.24) is 0 Å². The molecule has 0 aromatic rings. The van der Waals surface area contributed by atoms with Gasteiger partial charge in [-0.05, 0) is 31.1 Å². The number of rotatable bonds is 15. The summed E-state index contributed by atoms with van der Waals surface area (Å²) >= 11 is 0. The summed E-state index contributed by atoms with van der Waals surface area (Å²) in [4.78, 5) is 12.9. The second-order valence-electron chi connectivity index (χ2n) is 9.99. The van der Waals surface area contributed by atoms with Gasteiger partial charge in [0.05, 0.1) is 11.0 Å². The molecule has 3 atom stereocenters. The van der Waals surface area contributed by atoms with Gasteiger partial charge in [0, 0.05) is 12.3 Å². The van der Waals surface area contributed by atoms with Crippen molar-refractivity contribution < 1.29 is 13.2 Å². The summed E-state index contributed by atoms with van der Waals surface area (Å²) < 4.78 is 25.3. The van der Waals surface area contributed by atoms with E-state index in [0.717, 1.165) is 25.7 Å². The molecule has 4 heteroatoms. The van der Waals surface area contributed by atoms with E-state index in [0.29, 0.717) is 0 Å². The predicted octanol–water partition coefficient (Wildman–Crippen LogP) is 6.91. The third-order valence-corrected chi connectivity index (χ3v) is 8.93. The maximum Gasteiger partial charge on any atom is 0.153 e. The smallest absolute Gasteiger partial charge is 0.153 e. The van der Waals surface area contributed by atoms with E-state index in [9.17, 15) is 13.2 Å². The molecule has 0 radical (unpaired) electrons. The number of carbonyl (C=O) groups excluding carboxylic acids is 1. The first-order valence-corrected chi connectivity index (χ1v) is 13.7. The van der Waals surface area contributed by atoms with Crippen LogP contribution in [0.15, 0.2) is 12.2 Å². The van der Waals surface area contributed by atoms with Crippen LogP contribution in [0.1, 0.15) is 112 Å². The van der Waals surface area contributed by atoms with E-state index in [4.69, 9.17) is 0 Å². The van der Waals surface area contributed by atoms with E-state index < -0.39 is 15.1 Å². The monoisotopic (exact) mass is 426 g/mol. The maximum absolute atomic E-state index is 12.9. The van der Waals surface area contributed by atoms with Crippen LogP contribution in [0.5, 0.6) is 0 Å². The molecule has 0 bridgehead atoms. The Morgan fingerprint density at radius 2 is 1.52 bits per heavy atom. The Balaban J connectivity index is 2.32. The summed E-state index contributed by atoms with van der Waals surface area (Å²) in [6.07, 6.45) is 17.2. The van der Waals surface area contributed by atoms with E-state index in [1.54, 1.807) is 6.92 Å². The molecule has 0 aromatic carbocycles. The van der Waals surface area contributed by atoms with Crippen LogP contribution in [0.4, 0.5) is 0 Å². The van der Waals surface area contributed by atoms with Crippen LogP contribution in [-0.4, -0.2) is 25.2 Å². The van der Waals surface area contributed by atoms with Crippen LogP contribution in [0, 0.1) is 17.3 Å². The van der Waals surface area contributed by atoms with Gasteiger partial charge in [0.25, 0.3) is 0 Å². The minimum absolute atomic E-state index is 0.0810. The Kier molecular flexibility index (Phi) is 11.8. The summed E-state index contributed by atoms with van der Waals surface area (Å²) in [5.41, 5.74) is -0.0920. The summed E-state index contributed by atoms with van der Waals surface area (Å²) in [6, 6.07) is 0. The zero-order chi connectivity index (χ0) is 21.9. The molecule has 0 fully saturated rings. The predicted molar refractivity (Wildman–Crippen MR) is 125 cm³/mol. The highest BCUT2D eigenvalue weighted by molar-refractivity contribution is 7.92. The van der Waals surface area contributed by atoms with E-state index >= 15 is 0 Å². The first-order chi connectivity index (χ1) is 13.6. The highest BCUT2D eigenvalue weighted by Crippen LogP contribution is 2.41. The van der Waals surface area contributed by atoms with E-state index in [2.05, 4.69) is 39.8 Å². The number of allylic oxidation sites excluding steroid dienone is 2. The fourth-order valence-corrected chi connectivity index (χ4v) is 6.22. The third-order valence-electron chi connectivity index (χ3n) is 6.68. The number of sulfone groups is 1. The molecule has 170 valence electrons. The van der Waals surface area contributed by atoms with E-state index in [1.165, 1.54) is 44.9 Å². The fraction of sp³-hybridized carbons (Fsp3) is 0.880. The highest BCUT2D eigenvalue weighted by atomic mass is 32.2. The van der Waals surface area contributed by atoms with Crippen molar-refractivity contribution in [3.05, 3.63) is 12.2 Å². The first-order valence-electron chi connectivity index (χ1n) is 12.0. The van der Waals surface area contributed by atoms with Crippen molar-refractivity contribution in [2.24, 2.45) is 17.3 Å². The van der Waals surface area contributed by atoms with Gasteiger partial charge in [-0.3, -0.25) is 4.79 Å². The molecule has 3 nitrogen and oxygen atoms in total. The molecule has 1 aliphatic rings. The van der Waals surface area contributed by atoms with Gasteiger partial charge in [-0.1, -0.05) is 97.6 Å². The van der Waals surface area contributed by atoms with Crippen LogP contribution >= 0.6 is 0 Å². The largest absolute Gasteiger partial charge is 0.299 e. The summed E-state index contributed by atoms with van der Waals surface area (Å²) in [5.74, 6) is 0.443. The Bertz CT molecular complexity index is 604. The van der Waals surface area contributed by atoms with Gasteiger partial charge in [-0.15, -0.1) is 0 Å². The van der Waals surface area contributed by atoms with Gasteiger partial charge in [0.2, 0.25) is 0 Å². The van der Waals surface area contributed by atoms with Gasteiger partial charge in [-0.25, -0.2) is 8.42 Å². The molecule has 1 aliphatic carbocycles. The minimum Gasteiger partial charge on any atom is -0.299 e. The van der Waals surface area contributed by atoms with Gasteiger partial charge in [-0.2, -0.15) is 0 Å². The third kappa shape index (κ3) is 9.36. The van der Waals surface area contributed by atoms with Gasteiger partial charge in [0.1, 0.15) is 5.78 Å². The molecule has 0 saturated heterocycles. The number of carbonyl (C=O) groups is 1. The first kappa shape index (κ1) is 26.4. The van der Waals surface area contributed by atoms with Crippen LogP contribution in [0.2, 0.25) is 0 Å². The molecule has 1 rings (SSSR count). The van der Waals surface area contributed by atoms with E-state index in [1.807, 2.05) is 0 Å². The van der Waals surface area contributed by atoms with Crippen molar-refractivity contribution >= 4 is 15.6 Å². The topological polar surface area (TPSA) is 51.2 Å². The normalized spacial score (nSPS) is 22.5. The summed E-state index contributed by atoms with van der Waals surface area (Å²) in [7, 11) is -3.20. The number of unbranched alkanes of at least 4 members (excludes halogenated alkanes) is 9. The second kappa shape index (κ2) is 12.9. The molecule has 0 N–H and O–H groups in total. The number of ketones is 1. The summed E-state index contributed by atoms with van der Waals surface area (Å²) in [5, 5.41) is -0.567. The lowest BCUT2D eigenvalue weighted by molar-refractivity contribution is -0.128. The lowest BCUT2D eigenvalue weighted by Crippen LogP contribution is -2.39. The number of hydrogen-bond donors (Lipinski definition) is 0. The van der Waals surface area contributed by atoms with Crippen molar-refractivity contribution in [3.8, 4) is 0 Å². The second-order valence-corrected chi connectivity index (χ2v) is 12.5. The average molecular weight is 427 g/mol. The van der Waals surface area contributed by atoms with Crippen molar-refractivity contribution in [2.45, 2.75) is 117 Å². The molecular weight excluding hydrogens is 380 g/mol. The number of hydrogen-bond acceptors (Lipinski definition) is 3. The Morgan fingerprint density at radius 1 is 1.00 bits per heavy atom. The Morgan fingerprint density at radius 3 is 2.03 bits per heavy atom. The lowest BCUT2D eigenvalue weighted by Gasteiger charge is -2.39. The van der Waals surface area contributed by atoms with Gasteiger partial charge in [0.15, 0.2) is 9.84 Å². The fourth-order valence-electron chi connectivity index (χ4n) is 4.79. The Labute approximate surface area is 181 Å². The van der Waals surface area contributed by atoms with E-state index in [-0.39, 0.29) is 35.2 Å².